The fourth-order valence-corrected chi connectivity index (χ4v) is 3.74. The molecule has 1 amide bonds. The highest BCUT2D eigenvalue weighted by Gasteiger charge is 2.16. The molecule has 1 aromatic carbocycles. The van der Waals surface area contributed by atoms with Gasteiger partial charge in [0, 0.05) is 19.5 Å². The van der Waals surface area contributed by atoms with E-state index in [-0.39, 0.29) is 11.7 Å². The lowest BCUT2D eigenvalue weighted by atomic mass is 10.2. The van der Waals surface area contributed by atoms with Gasteiger partial charge in [0.1, 0.15) is 11.6 Å². The normalized spacial score (nSPS) is 11.3. The lowest BCUT2D eigenvalue weighted by Crippen LogP contribution is -2.25. The smallest absolute Gasteiger partial charge is 0.254 e. The number of hydrogen-bond donors (Lipinski definition) is 1. The second kappa shape index (κ2) is 9.88. The van der Waals surface area contributed by atoms with Crippen molar-refractivity contribution in [3.8, 4) is 5.69 Å². The Bertz CT molecular complexity index is 996. The van der Waals surface area contributed by atoms with Crippen molar-refractivity contribution in [1.29, 1.82) is 0 Å². The second-order valence-corrected chi connectivity index (χ2v) is 8.27. The van der Waals surface area contributed by atoms with Crippen LogP contribution in [0.1, 0.15) is 42.1 Å². The van der Waals surface area contributed by atoms with Crippen molar-refractivity contribution in [3.05, 3.63) is 53.4 Å². The number of carbonyl (C=O) groups is 1. The number of amides is 1. The first-order valence-electron chi connectivity index (χ1n) is 9.95. The monoisotopic (exact) mass is 430 g/mol. The molecule has 0 aliphatic heterocycles. The average Bonchev–Trinajstić information content (AvgIpc) is 3.28. The summed E-state index contributed by atoms with van der Waals surface area (Å²) in [6.45, 7) is 7.57. The van der Waals surface area contributed by atoms with Gasteiger partial charge in [-0.05, 0) is 49.8 Å². The SMILES string of the molecule is CSc1nnc(CCCNC(=O)c2cnn(-c3ccc(F)cc3)c2C)n1CC(C)C. The van der Waals surface area contributed by atoms with Crippen LogP contribution in [0.5, 0.6) is 0 Å². The maximum Gasteiger partial charge on any atom is 0.254 e. The Morgan fingerprint density at radius 2 is 1.97 bits per heavy atom. The summed E-state index contributed by atoms with van der Waals surface area (Å²) in [5.74, 6) is 0.971. The molecule has 0 saturated carbocycles. The van der Waals surface area contributed by atoms with E-state index in [1.54, 1.807) is 28.6 Å². The summed E-state index contributed by atoms with van der Waals surface area (Å²) in [6.07, 6.45) is 5.05. The molecule has 9 heteroatoms. The molecule has 0 atom stereocenters. The first kappa shape index (κ1) is 22.0. The summed E-state index contributed by atoms with van der Waals surface area (Å²) in [7, 11) is 0. The molecule has 0 aliphatic carbocycles. The average molecular weight is 431 g/mol. The van der Waals surface area contributed by atoms with Crippen LogP contribution < -0.4 is 5.32 Å². The minimum Gasteiger partial charge on any atom is -0.352 e. The molecule has 0 aliphatic rings. The quantitative estimate of drug-likeness (QED) is 0.414. The van der Waals surface area contributed by atoms with E-state index in [1.165, 1.54) is 18.3 Å². The van der Waals surface area contributed by atoms with Crippen molar-refractivity contribution < 1.29 is 9.18 Å². The Hall–Kier alpha value is -2.68. The van der Waals surface area contributed by atoms with E-state index in [4.69, 9.17) is 0 Å². The van der Waals surface area contributed by atoms with Crippen LogP contribution in [0.4, 0.5) is 4.39 Å². The third-order valence-corrected chi connectivity index (χ3v) is 5.38. The molecule has 160 valence electrons. The van der Waals surface area contributed by atoms with Gasteiger partial charge in [0.05, 0.1) is 23.1 Å². The number of nitrogens with one attached hydrogen (secondary N) is 1. The van der Waals surface area contributed by atoms with Crippen molar-refractivity contribution in [1.82, 2.24) is 29.9 Å². The van der Waals surface area contributed by atoms with Gasteiger partial charge in [-0.25, -0.2) is 9.07 Å². The van der Waals surface area contributed by atoms with Crippen LogP contribution in [0.15, 0.2) is 35.6 Å². The fraction of sp³-hybridized carbons (Fsp3) is 0.429. The van der Waals surface area contributed by atoms with Gasteiger partial charge in [-0.2, -0.15) is 5.10 Å². The minimum absolute atomic E-state index is 0.172. The molecular formula is C21H27FN6OS. The number of aromatic nitrogens is 5. The number of hydrogen-bond acceptors (Lipinski definition) is 5. The van der Waals surface area contributed by atoms with Gasteiger partial charge in [-0.1, -0.05) is 25.6 Å². The van der Waals surface area contributed by atoms with E-state index < -0.39 is 0 Å². The molecule has 2 heterocycles. The molecule has 7 nitrogen and oxygen atoms in total. The van der Waals surface area contributed by atoms with Crippen molar-refractivity contribution in [3.63, 3.8) is 0 Å². The van der Waals surface area contributed by atoms with Gasteiger partial charge in [0.15, 0.2) is 5.16 Å². The Labute approximate surface area is 180 Å². The summed E-state index contributed by atoms with van der Waals surface area (Å²) in [6, 6.07) is 6.01. The van der Waals surface area contributed by atoms with E-state index >= 15 is 0 Å². The standard InChI is InChI=1S/C21H27FN6OS/c1-14(2)13-27-19(25-26-21(27)30-4)6-5-11-23-20(29)18-12-24-28(15(18)3)17-9-7-16(22)8-10-17/h7-10,12,14H,5-6,11,13H2,1-4H3,(H,23,29). The number of thioether (sulfide) groups is 1. The lowest BCUT2D eigenvalue weighted by Gasteiger charge is -2.11. The van der Waals surface area contributed by atoms with Crippen LogP contribution in [-0.2, 0) is 13.0 Å². The number of rotatable bonds is 9. The zero-order valence-corrected chi connectivity index (χ0v) is 18.5. The predicted molar refractivity (Wildman–Crippen MR) is 116 cm³/mol. The number of carbonyl (C=O) groups excluding carboxylic acids is 1. The number of nitrogens with zero attached hydrogens (tertiary/aromatic N) is 5. The predicted octanol–water partition coefficient (Wildman–Crippen LogP) is 3.65. The molecule has 2 aromatic heterocycles. The Balaban J connectivity index is 1.57. The molecule has 30 heavy (non-hydrogen) atoms. The lowest BCUT2D eigenvalue weighted by molar-refractivity contribution is 0.0952. The maximum atomic E-state index is 13.1. The number of halogens is 1. The highest BCUT2D eigenvalue weighted by atomic mass is 32.2. The van der Waals surface area contributed by atoms with E-state index in [0.29, 0.717) is 29.4 Å². The first-order valence-corrected chi connectivity index (χ1v) is 11.2. The molecular weight excluding hydrogens is 403 g/mol. The van der Waals surface area contributed by atoms with Crippen molar-refractivity contribution in [2.75, 3.05) is 12.8 Å². The molecule has 0 spiro atoms. The molecule has 0 unspecified atom stereocenters. The molecule has 3 aromatic rings. The molecule has 0 fully saturated rings. The van der Waals surface area contributed by atoms with Gasteiger partial charge in [-0.3, -0.25) is 4.79 Å². The Kier molecular flexibility index (Phi) is 7.25. The maximum absolute atomic E-state index is 13.1. The van der Waals surface area contributed by atoms with Gasteiger partial charge in [0.25, 0.3) is 5.91 Å². The van der Waals surface area contributed by atoms with Crippen molar-refractivity contribution in [2.45, 2.75) is 45.3 Å². The van der Waals surface area contributed by atoms with Crippen LogP contribution >= 0.6 is 11.8 Å². The van der Waals surface area contributed by atoms with Gasteiger partial charge in [0.2, 0.25) is 0 Å². The summed E-state index contributed by atoms with van der Waals surface area (Å²) in [5, 5.41) is 16.7. The van der Waals surface area contributed by atoms with Crippen LogP contribution in [0.2, 0.25) is 0 Å². The molecule has 0 radical (unpaired) electrons. The first-order chi connectivity index (χ1) is 14.4. The molecule has 3 rings (SSSR count). The van der Waals surface area contributed by atoms with Gasteiger partial charge in [-0.15, -0.1) is 10.2 Å². The van der Waals surface area contributed by atoms with Gasteiger partial charge < -0.3 is 9.88 Å². The zero-order chi connectivity index (χ0) is 21.7. The van der Waals surface area contributed by atoms with Crippen LogP contribution in [-0.4, -0.2) is 43.3 Å². The van der Waals surface area contributed by atoms with Gasteiger partial charge >= 0.3 is 0 Å². The third-order valence-electron chi connectivity index (χ3n) is 4.71. The highest BCUT2D eigenvalue weighted by Crippen LogP contribution is 2.17. The van der Waals surface area contributed by atoms with E-state index in [9.17, 15) is 9.18 Å². The topological polar surface area (TPSA) is 77.6 Å². The molecule has 0 bridgehead atoms. The Morgan fingerprint density at radius 1 is 1.23 bits per heavy atom. The minimum atomic E-state index is -0.310. The van der Waals surface area contributed by atoms with Crippen LogP contribution in [0, 0.1) is 18.7 Å². The van der Waals surface area contributed by atoms with E-state index in [2.05, 4.69) is 39.0 Å². The largest absolute Gasteiger partial charge is 0.352 e. The summed E-state index contributed by atoms with van der Waals surface area (Å²) in [4.78, 5) is 12.6. The van der Waals surface area contributed by atoms with Crippen LogP contribution in [0.25, 0.3) is 5.69 Å². The summed E-state index contributed by atoms with van der Waals surface area (Å²) in [5.41, 5.74) is 1.93. The van der Waals surface area contributed by atoms with Crippen LogP contribution in [0.3, 0.4) is 0 Å². The van der Waals surface area contributed by atoms with Crippen molar-refractivity contribution in [2.24, 2.45) is 5.92 Å². The molecule has 0 saturated heterocycles. The molecule has 1 N–H and O–H groups in total. The zero-order valence-electron chi connectivity index (χ0n) is 17.7. The van der Waals surface area contributed by atoms with Crippen molar-refractivity contribution >= 4 is 17.7 Å². The number of benzene rings is 1. The third kappa shape index (κ3) is 5.08. The second-order valence-electron chi connectivity index (χ2n) is 7.50. The fourth-order valence-electron chi connectivity index (χ4n) is 3.22. The van der Waals surface area contributed by atoms with E-state index in [0.717, 1.165) is 30.4 Å². The number of aryl methyl sites for hydroxylation is 1. The Morgan fingerprint density at radius 3 is 2.63 bits per heavy atom. The summed E-state index contributed by atoms with van der Waals surface area (Å²) >= 11 is 1.59. The van der Waals surface area contributed by atoms with E-state index in [1.807, 2.05) is 13.2 Å². The highest BCUT2D eigenvalue weighted by molar-refractivity contribution is 7.98. The summed E-state index contributed by atoms with van der Waals surface area (Å²) < 4.78 is 16.9.